The highest BCUT2D eigenvalue weighted by atomic mass is 35.5. The molecule has 0 spiro atoms. The van der Waals surface area contributed by atoms with Gasteiger partial charge < -0.3 is 4.52 Å². The quantitative estimate of drug-likeness (QED) is 0.689. The van der Waals surface area contributed by atoms with E-state index in [4.69, 9.17) is 16.1 Å². The molecule has 1 aromatic heterocycles. The zero-order chi connectivity index (χ0) is 9.68. The predicted octanol–water partition coefficient (Wildman–Crippen LogP) is 2.44. The van der Waals surface area contributed by atoms with Crippen LogP contribution in [0.4, 0.5) is 0 Å². The summed E-state index contributed by atoms with van der Waals surface area (Å²) in [7, 11) is 0. The zero-order valence-electron chi connectivity index (χ0n) is 8.09. The first kappa shape index (κ1) is 10.5. The molecule has 0 atom stereocenters. The normalized spacial score (nSPS) is 11.1. The smallest absolute Gasteiger partial charge is 0.227 e. The molecule has 0 saturated carbocycles. The highest BCUT2D eigenvalue weighted by molar-refractivity contribution is 6.17. The van der Waals surface area contributed by atoms with Crippen molar-refractivity contribution in [1.29, 1.82) is 0 Å². The summed E-state index contributed by atoms with van der Waals surface area (Å²) in [4.78, 5) is 4.21. The van der Waals surface area contributed by atoms with Crippen LogP contribution in [-0.2, 0) is 12.8 Å². The van der Waals surface area contributed by atoms with Crippen molar-refractivity contribution in [3.05, 3.63) is 11.7 Å². The maximum absolute atomic E-state index is 5.55. The van der Waals surface area contributed by atoms with Gasteiger partial charge in [0.2, 0.25) is 5.89 Å². The number of aryl methyl sites for hydroxylation is 2. The number of hydrogen-bond acceptors (Lipinski definition) is 3. The van der Waals surface area contributed by atoms with Crippen molar-refractivity contribution in [3.63, 3.8) is 0 Å². The summed E-state index contributed by atoms with van der Waals surface area (Å²) in [6.45, 7) is 4.36. The van der Waals surface area contributed by atoms with Gasteiger partial charge in [-0.25, -0.2) is 0 Å². The number of hydrogen-bond donors (Lipinski definition) is 0. The Morgan fingerprint density at radius 2 is 2.15 bits per heavy atom. The van der Waals surface area contributed by atoms with Gasteiger partial charge in [-0.3, -0.25) is 0 Å². The summed E-state index contributed by atoms with van der Waals surface area (Å²) in [6.07, 6.45) is 2.65. The molecular weight excluding hydrogens is 188 g/mol. The van der Waals surface area contributed by atoms with Crippen molar-refractivity contribution >= 4 is 11.6 Å². The van der Waals surface area contributed by atoms with E-state index in [0.717, 1.165) is 18.7 Å². The van der Waals surface area contributed by atoms with Gasteiger partial charge in [-0.15, -0.1) is 11.6 Å². The van der Waals surface area contributed by atoms with E-state index in [2.05, 4.69) is 24.0 Å². The second kappa shape index (κ2) is 5.22. The van der Waals surface area contributed by atoms with Crippen molar-refractivity contribution in [2.24, 2.45) is 5.92 Å². The van der Waals surface area contributed by atoms with Crippen molar-refractivity contribution in [2.45, 2.75) is 33.1 Å². The van der Waals surface area contributed by atoms with Crippen LogP contribution in [0, 0.1) is 5.92 Å². The summed E-state index contributed by atoms with van der Waals surface area (Å²) < 4.78 is 4.99. The van der Waals surface area contributed by atoms with Gasteiger partial charge in [0.1, 0.15) is 0 Å². The van der Waals surface area contributed by atoms with E-state index >= 15 is 0 Å². The van der Waals surface area contributed by atoms with Gasteiger partial charge in [-0.2, -0.15) is 4.98 Å². The van der Waals surface area contributed by atoms with Crippen LogP contribution >= 0.6 is 11.6 Å². The molecule has 13 heavy (non-hydrogen) atoms. The Balaban J connectivity index is 2.39. The molecule has 1 aromatic rings. The minimum Gasteiger partial charge on any atom is -0.339 e. The SMILES string of the molecule is CC(C)CCc1noc(CCCl)n1. The molecule has 0 amide bonds. The van der Waals surface area contributed by atoms with Crippen molar-refractivity contribution < 1.29 is 4.52 Å². The van der Waals surface area contributed by atoms with Crippen molar-refractivity contribution in [2.75, 3.05) is 5.88 Å². The fourth-order valence-corrected chi connectivity index (χ4v) is 1.15. The van der Waals surface area contributed by atoms with E-state index in [1.165, 1.54) is 0 Å². The van der Waals surface area contributed by atoms with E-state index < -0.39 is 0 Å². The average Bonchev–Trinajstić information content (AvgIpc) is 2.50. The molecule has 0 saturated heterocycles. The molecule has 0 bridgehead atoms. The van der Waals surface area contributed by atoms with Crippen LogP contribution in [0.3, 0.4) is 0 Å². The third-order valence-electron chi connectivity index (χ3n) is 1.76. The highest BCUT2D eigenvalue weighted by Crippen LogP contribution is 2.06. The summed E-state index contributed by atoms with van der Waals surface area (Å²) in [6, 6.07) is 0. The van der Waals surface area contributed by atoms with Gasteiger partial charge in [-0.05, 0) is 12.3 Å². The van der Waals surface area contributed by atoms with Crippen LogP contribution in [0.15, 0.2) is 4.52 Å². The Morgan fingerprint density at radius 1 is 1.38 bits per heavy atom. The largest absolute Gasteiger partial charge is 0.339 e. The van der Waals surface area contributed by atoms with Crippen LogP contribution in [-0.4, -0.2) is 16.0 Å². The molecule has 0 aliphatic heterocycles. The minimum atomic E-state index is 0.534. The van der Waals surface area contributed by atoms with E-state index in [1.54, 1.807) is 0 Å². The second-order valence-electron chi connectivity index (χ2n) is 3.48. The standard InChI is InChI=1S/C9H15ClN2O/c1-7(2)3-4-8-11-9(5-6-10)13-12-8/h7H,3-6H2,1-2H3. The lowest BCUT2D eigenvalue weighted by Crippen LogP contribution is -1.94. The summed E-state index contributed by atoms with van der Waals surface area (Å²) >= 11 is 5.55. The molecule has 1 rings (SSSR count). The van der Waals surface area contributed by atoms with Crippen LogP contribution in [0.2, 0.25) is 0 Å². The highest BCUT2D eigenvalue weighted by Gasteiger charge is 2.05. The van der Waals surface area contributed by atoms with Gasteiger partial charge in [0.25, 0.3) is 0 Å². The fourth-order valence-electron chi connectivity index (χ4n) is 0.992. The second-order valence-corrected chi connectivity index (χ2v) is 3.85. The molecule has 0 aliphatic rings. The minimum absolute atomic E-state index is 0.534. The molecule has 4 heteroatoms. The number of aromatic nitrogens is 2. The molecule has 1 heterocycles. The molecule has 74 valence electrons. The lowest BCUT2D eigenvalue weighted by Gasteiger charge is -1.98. The van der Waals surface area contributed by atoms with Crippen LogP contribution < -0.4 is 0 Å². The van der Waals surface area contributed by atoms with Crippen LogP contribution in [0.5, 0.6) is 0 Å². The van der Waals surface area contributed by atoms with Crippen molar-refractivity contribution in [3.8, 4) is 0 Å². The molecule has 0 aromatic carbocycles. The van der Waals surface area contributed by atoms with Gasteiger partial charge in [0.15, 0.2) is 5.82 Å². The molecule has 0 unspecified atom stereocenters. The molecule has 0 radical (unpaired) electrons. The third kappa shape index (κ3) is 3.77. The Morgan fingerprint density at radius 3 is 2.77 bits per heavy atom. The van der Waals surface area contributed by atoms with Gasteiger partial charge in [-0.1, -0.05) is 19.0 Å². The number of halogens is 1. The summed E-state index contributed by atoms with van der Waals surface area (Å²) in [5.41, 5.74) is 0. The topological polar surface area (TPSA) is 38.9 Å². The first-order chi connectivity index (χ1) is 6.22. The number of nitrogens with zero attached hydrogens (tertiary/aromatic N) is 2. The maximum atomic E-state index is 5.55. The number of rotatable bonds is 5. The number of alkyl halides is 1. The summed E-state index contributed by atoms with van der Waals surface area (Å²) in [5, 5.41) is 3.86. The first-order valence-corrected chi connectivity index (χ1v) is 5.13. The Hall–Kier alpha value is -0.570. The third-order valence-corrected chi connectivity index (χ3v) is 1.95. The average molecular weight is 203 g/mol. The summed E-state index contributed by atoms with van der Waals surface area (Å²) in [5.74, 6) is 2.66. The fraction of sp³-hybridized carbons (Fsp3) is 0.778. The molecule has 3 nitrogen and oxygen atoms in total. The molecule has 0 fully saturated rings. The van der Waals surface area contributed by atoms with Gasteiger partial charge in [0, 0.05) is 18.7 Å². The van der Waals surface area contributed by atoms with Gasteiger partial charge in [0.05, 0.1) is 0 Å². The van der Waals surface area contributed by atoms with Gasteiger partial charge >= 0.3 is 0 Å². The Labute approximate surface area is 83.5 Å². The monoisotopic (exact) mass is 202 g/mol. The molecule has 0 N–H and O–H groups in total. The molecule has 0 aliphatic carbocycles. The Kier molecular flexibility index (Phi) is 4.22. The van der Waals surface area contributed by atoms with Crippen LogP contribution in [0.25, 0.3) is 0 Å². The van der Waals surface area contributed by atoms with Crippen molar-refractivity contribution in [1.82, 2.24) is 10.1 Å². The Bertz CT molecular complexity index is 248. The van der Waals surface area contributed by atoms with E-state index in [9.17, 15) is 0 Å². The van der Waals surface area contributed by atoms with E-state index in [0.29, 0.717) is 24.1 Å². The zero-order valence-corrected chi connectivity index (χ0v) is 8.84. The lowest BCUT2D eigenvalue weighted by molar-refractivity contribution is 0.375. The van der Waals surface area contributed by atoms with Crippen LogP contribution in [0.1, 0.15) is 32.0 Å². The maximum Gasteiger partial charge on any atom is 0.227 e. The van der Waals surface area contributed by atoms with E-state index in [1.807, 2.05) is 0 Å². The predicted molar refractivity (Wildman–Crippen MR) is 51.9 cm³/mol. The first-order valence-electron chi connectivity index (χ1n) is 4.59. The van der Waals surface area contributed by atoms with E-state index in [-0.39, 0.29) is 0 Å². The lowest BCUT2D eigenvalue weighted by atomic mass is 10.1. The molecular formula is C9H15ClN2O.